The minimum absolute atomic E-state index is 0.0861. The minimum atomic E-state index is -0.414. The Kier molecular flexibility index (Phi) is 4.59. The Balaban J connectivity index is 1.47. The fraction of sp³-hybridized carbons (Fsp3) is 0.136. The Morgan fingerprint density at radius 1 is 1.23 bits per heavy atom. The number of amides is 1. The van der Waals surface area contributed by atoms with Crippen LogP contribution in [0.15, 0.2) is 59.9 Å². The van der Waals surface area contributed by atoms with Crippen LogP contribution in [0.1, 0.15) is 28.9 Å². The van der Waals surface area contributed by atoms with Crippen LogP contribution in [0, 0.1) is 0 Å². The lowest BCUT2D eigenvalue weighted by Gasteiger charge is -2.14. The molecule has 4 heterocycles. The predicted molar refractivity (Wildman–Crippen MR) is 120 cm³/mol. The molecule has 0 saturated carbocycles. The van der Waals surface area contributed by atoms with Gasteiger partial charge in [-0.05, 0) is 30.7 Å². The summed E-state index contributed by atoms with van der Waals surface area (Å²) in [6, 6.07) is 10.7. The third-order valence-electron chi connectivity index (χ3n) is 5.15. The summed E-state index contributed by atoms with van der Waals surface area (Å²) in [7, 11) is 1.94. The summed E-state index contributed by atoms with van der Waals surface area (Å²) in [5, 5.41) is 3.73. The molecule has 0 radical (unpaired) electrons. The molecule has 1 amide bonds. The molecule has 0 fully saturated rings. The van der Waals surface area contributed by atoms with E-state index in [1.54, 1.807) is 18.6 Å². The third-order valence-corrected chi connectivity index (χ3v) is 6.16. The van der Waals surface area contributed by atoms with Crippen molar-refractivity contribution >= 4 is 38.6 Å². The van der Waals surface area contributed by atoms with Crippen LogP contribution in [0.5, 0.6) is 0 Å². The molecule has 2 N–H and O–H groups in total. The summed E-state index contributed by atoms with van der Waals surface area (Å²) in [4.78, 5) is 41.4. The number of rotatable bonds is 4. The number of hydrogen-bond donors (Lipinski definition) is 2. The number of fused-ring (bicyclic) bond motifs is 3. The van der Waals surface area contributed by atoms with Gasteiger partial charge in [0.15, 0.2) is 0 Å². The number of nitrogens with zero attached hydrogens (tertiary/aromatic N) is 4. The number of hydrogen-bond acceptors (Lipinski definition) is 6. The Morgan fingerprint density at radius 2 is 2.10 bits per heavy atom. The Morgan fingerprint density at radius 3 is 2.94 bits per heavy atom. The topological polar surface area (TPSA) is 106 Å². The number of aromatic amines is 1. The van der Waals surface area contributed by atoms with Gasteiger partial charge in [0, 0.05) is 18.8 Å². The standard InChI is InChI=1S/C22H18N6O2S/c1-12(26-20(30)15-7-4-8-23-19(15)29)13-5-3-6-14(9-13)21-27-17-18-16(25-11-28(18)2)10-24-22(17)31-21/h3-12H,1-2H3,(H,23,29)(H,26,30)/t12-/m0/s1. The Labute approximate surface area is 180 Å². The van der Waals surface area contributed by atoms with E-state index in [9.17, 15) is 9.59 Å². The first-order valence-corrected chi connectivity index (χ1v) is 10.5. The van der Waals surface area contributed by atoms with Crippen molar-refractivity contribution in [3.05, 3.63) is 76.6 Å². The second-order valence-corrected chi connectivity index (χ2v) is 8.23. The normalized spacial score (nSPS) is 12.3. The smallest absolute Gasteiger partial charge is 0.260 e. The van der Waals surface area contributed by atoms with E-state index in [1.165, 1.54) is 23.6 Å². The van der Waals surface area contributed by atoms with Gasteiger partial charge in [0.05, 0.1) is 24.1 Å². The van der Waals surface area contributed by atoms with Crippen LogP contribution < -0.4 is 10.9 Å². The minimum Gasteiger partial charge on any atom is -0.345 e. The van der Waals surface area contributed by atoms with Crippen molar-refractivity contribution in [2.75, 3.05) is 0 Å². The first-order valence-electron chi connectivity index (χ1n) is 9.67. The van der Waals surface area contributed by atoms with Gasteiger partial charge < -0.3 is 14.9 Å². The monoisotopic (exact) mass is 430 g/mol. The van der Waals surface area contributed by atoms with Gasteiger partial charge in [-0.25, -0.2) is 15.0 Å². The number of carbonyl (C=O) groups excluding carboxylic acids is 1. The molecular formula is C22H18N6O2S. The largest absolute Gasteiger partial charge is 0.345 e. The van der Waals surface area contributed by atoms with Crippen molar-refractivity contribution in [3.63, 3.8) is 0 Å². The molecule has 0 aliphatic heterocycles. The number of benzene rings is 1. The zero-order chi connectivity index (χ0) is 21.5. The average molecular weight is 430 g/mol. The van der Waals surface area contributed by atoms with Crippen LogP contribution in [0.4, 0.5) is 0 Å². The van der Waals surface area contributed by atoms with Gasteiger partial charge in [0.2, 0.25) is 0 Å². The molecule has 0 saturated heterocycles. The van der Waals surface area contributed by atoms with E-state index < -0.39 is 11.5 Å². The molecular weight excluding hydrogens is 412 g/mol. The van der Waals surface area contributed by atoms with Crippen LogP contribution in [0.25, 0.3) is 32.0 Å². The fourth-order valence-corrected chi connectivity index (χ4v) is 4.44. The number of H-pyrrole nitrogens is 1. The van der Waals surface area contributed by atoms with E-state index in [2.05, 4.69) is 20.3 Å². The van der Waals surface area contributed by atoms with Crippen LogP contribution in [0.3, 0.4) is 0 Å². The van der Waals surface area contributed by atoms with Crippen molar-refractivity contribution in [2.45, 2.75) is 13.0 Å². The molecule has 154 valence electrons. The maximum atomic E-state index is 12.5. The molecule has 9 heteroatoms. The summed E-state index contributed by atoms with van der Waals surface area (Å²) < 4.78 is 1.95. The van der Waals surface area contributed by atoms with Crippen molar-refractivity contribution in [1.82, 2.24) is 29.8 Å². The highest BCUT2D eigenvalue weighted by Crippen LogP contribution is 2.33. The maximum absolute atomic E-state index is 12.5. The highest BCUT2D eigenvalue weighted by atomic mass is 32.1. The predicted octanol–water partition coefficient (Wildman–Crippen LogP) is 3.42. The van der Waals surface area contributed by atoms with E-state index in [4.69, 9.17) is 4.98 Å². The lowest BCUT2D eigenvalue weighted by Crippen LogP contribution is -2.31. The lowest BCUT2D eigenvalue weighted by molar-refractivity contribution is 0.0938. The van der Waals surface area contributed by atoms with Crippen molar-refractivity contribution in [1.29, 1.82) is 0 Å². The average Bonchev–Trinajstić information content (AvgIpc) is 3.37. The SMILES string of the molecule is C[C@H](NC(=O)c1ccc[nH]c1=O)c1cccc(-c2nc3c(ncc4ncn(C)c43)s2)c1. The molecule has 31 heavy (non-hydrogen) atoms. The van der Waals surface area contributed by atoms with Gasteiger partial charge in [-0.3, -0.25) is 9.59 Å². The quantitative estimate of drug-likeness (QED) is 0.454. The first kappa shape index (κ1) is 19.1. The van der Waals surface area contributed by atoms with Crippen molar-refractivity contribution in [2.24, 2.45) is 7.05 Å². The molecule has 1 aromatic carbocycles. The van der Waals surface area contributed by atoms with Gasteiger partial charge in [-0.15, -0.1) is 0 Å². The van der Waals surface area contributed by atoms with Crippen LogP contribution >= 0.6 is 11.3 Å². The van der Waals surface area contributed by atoms with E-state index in [-0.39, 0.29) is 11.6 Å². The van der Waals surface area contributed by atoms with E-state index in [1.807, 2.05) is 42.8 Å². The van der Waals surface area contributed by atoms with Gasteiger partial charge >= 0.3 is 0 Å². The third kappa shape index (κ3) is 3.38. The van der Waals surface area contributed by atoms with Crippen LogP contribution in [-0.2, 0) is 7.05 Å². The molecule has 1 atom stereocenters. The molecule has 8 nitrogen and oxygen atoms in total. The summed E-state index contributed by atoms with van der Waals surface area (Å²) in [5.74, 6) is -0.414. The molecule has 0 aliphatic rings. The first-order chi connectivity index (χ1) is 15.0. The van der Waals surface area contributed by atoms with Gasteiger partial charge in [-0.2, -0.15) is 0 Å². The van der Waals surface area contributed by atoms with Crippen molar-refractivity contribution < 1.29 is 4.79 Å². The van der Waals surface area contributed by atoms with E-state index in [0.717, 1.165) is 37.5 Å². The van der Waals surface area contributed by atoms with Crippen LogP contribution in [-0.4, -0.2) is 30.4 Å². The fourth-order valence-electron chi connectivity index (χ4n) is 3.53. The van der Waals surface area contributed by atoms with Crippen molar-refractivity contribution in [3.8, 4) is 10.6 Å². The highest BCUT2D eigenvalue weighted by molar-refractivity contribution is 7.21. The van der Waals surface area contributed by atoms with E-state index >= 15 is 0 Å². The van der Waals surface area contributed by atoms with Gasteiger partial charge in [-0.1, -0.05) is 29.5 Å². The number of aryl methyl sites for hydroxylation is 1. The molecule has 5 rings (SSSR count). The molecule has 0 aliphatic carbocycles. The number of thiazole rings is 1. The molecule has 4 aromatic heterocycles. The summed E-state index contributed by atoms with van der Waals surface area (Å²) in [6.45, 7) is 1.88. The summed E-state index contributed by atoms with van der Waals surface area (Å²) in [6.07, 6.45) is 5.02. The number of pyridine rings is 2. The number of nitrogens with one attached hydrogen (secondary N) is 2. The zero-order valence-corrected chi connectivity index (χ0v) is 17.6. The second kappa shape index (κ2) is 7.44. The molecule has 0 bridgehead atoms. The zero-order valence-electron chi connectivity index (χ0n) is 16.8. The highest BCUT2D eigenvalue weighted by Gasteiger charge is 2.17. The number of aromatic nitrogens is 5. The van der Waals surface area contributed by atoms with E-state index in [0.29, 0.717) is 0 Å². The second-order valence-electron chi connectivity index (χ2n) is 7.25. The Hall–Kier alpha value is -3.85. The molecule has 5 aromatic rings. The molecule has 0 unspecified atom stereocenters. The number of imidazole rings is 1. The summed E-state index contributed by atoms with van der Waals surface area (Å²) >= 11 is 1.51. The number of carbonyl (C=O) groups is 1. The lowest BCUT2D eigenvalue weighted by atomic mass is 10.0. The summed E-state index contributed by atoms with van der Waals surface area (Å²) in [5.41, 5.74) is 4.12. The maximum Gasteiger partial charge on any atom is 0.260 e. The van der Waals surface area contributed by atoms with Gasteiger partial charge in [0.25, 0.3) is 11.5 Å². The van der Waals surface area contributed by atoms with Gasteiger partial charge in [0.1, 0.15) is 26.4 Å². The molecule has 0 spiro atoms. The Bertz CT molecular complexity index is 1500. The van der Waals surface area contributed by atoms with Crippen LogP contribution in [0.2, 0.25) is 0 Å².